The minimum absolute atomic E-state index is 0.310. The smallest absolute Gasteiger partial charge is 0.150 e. The fraction of sp³-hybridized carbons (Fsp3) is 0.250. The van der Waals surface area contributed by atoms with Gasteiger partial charge in [-0.05, 0) is 35.1 Å². The predicted molar refractivity (Wildman–Crippen MR) is 144 cm³/mol. The highest BCUT2D eigenvalue weighted by Crippen LogP contribution is 2.24. The molecule has 0 radical (unpaired) electrons. The van der Waals surface area contributed by atoms with Gasteiger partial charge in [-0.1, -0.05) is 92.2 Å². The van der Waals surface area contributed by atoms with Crippen LogP contribution in [0.1, 0.15) is 42.9 Å². The third-order valence-corrected chi connectivity index (χ3v) is 5.56. The second kappa shape index (κ2) is 12.9. The molecule has 3 aromatic carbocycles. The third kappa shape index (κ3) is 7.30. The molecule has 0 saturated carbocycles. The van der Waals surface area contributed by atoms with Gasteiger partial charge in [-0.15, -0.1) is 0 Å². The number of hydrogen-bond donors (Lipinski definition) is 3. The van der Waals surface area contributed by atoms with E-state index in [4.69, 9.17) is 22.3 Å². The van der Waals surface area contributed by atoms with E-state index >= 15 is 0 Å². The van der Waals surface area contributed by atoms with Crippen LogP contribution < -0.4 is 17.3 Å². The molecule has 176 valence electrons. The van der Waals surface area contributed by atoms with Crippen molar-refractivity contribution in [2.24, 2.45) is 32.4 Å². The Morgan fingerprint density at radius 2 is 1.53 bits per heavy atom. The molecule has 0 aliphatic rings. The first-order valence-electron chi connectivity index (χ1n) is 11.7. The number of hydrogen-bond acceptors (Lipinski definition) is 3. The van der Waals surface area contributed by atoms with Gasteiger partial charge in [0.15, 0.2) is 5.84 Å². The van der Waals surface area contributed by atoms with Crippen molar-refractivity contribution in [2.45, 2.75) is 39.0 Å². The summed E-state index contributed by atoms with van der Waals surface area (Å²) >= 11 is 0. The highest BCUT2D eigenvalue weighted by Gasteiger charge is 2.09. The largest absolute Gasteiger partial charge is 0.387 e. The molecule has 0 bridgehead atoms. The Labute approximate surface area is 202 Å². The second-order valence-corrected chi connectivity index (χ2v) is 8.17. The van der Waals surface area contributed by atoms with E-state index in [0.717, 1.165) is 53.9 Å². The molecule has 6 heteroatoms. The number of aryl methyl sites for hydroxylation is 1. The first kappa shape index (κ1) is 24.7. The lowest BCUT2D eigenvalue weighted by Crippen LogP contribution is -2.17. The van der Waals surface area contributed by atoms with Gasteiger partial charge in [0.05, 0.1) is 0 Å². The van der Waals surface area contributed by atoms with E-state index < -0.39 is 0 Å². The highest BCUT2D eigenvalue weighted by molar-refractivity contribution is 6.03. The Bertz CT molecular complexity index is 1130. The predicted octanol–water partition coefficient (Wildman–Crippen LogP) is 4.66. The van der Waals surface area contributed by atoms with Crippen LogP contribution in [0.3, 0.4) is 0 Å². The van der Waals surface area contributed by atoms with Crippen molar-refractivity contribution >= 4 is 17.5 Å². The van der Waals surface area contributed by atoms with Crippen molar-refractivity contribution in [3.05, 3.63) is 95.6 Å². The van der Waals surface area contributed by atoms with Gasteiger partial charge in [0, 0.05) is 24.9 Å². The van der Waals surface area contributed by atoms with Crippen LogP contribution in [-0.2, 0) is 12.8 Å². The molecule has 0 unspecified atom stereocenters. The number of aliphatic imine (C=N–C) groups is 2. The normalized spacial score (nSPS) is 12.7. The van der Waals surface area contributed by atoms with E-state index in [2.05, 4.69) is 53.4 Å². The van der Waals surface area contributed by atoms with Gasteiger partial charge in [-0.2, -0.15) is 5.10 Å². The molecule has 0 aliphatic carbocycles. The van der Waals surface area contributed by atoms with Gasteiger partial charge in [-0.25, -0.2) is 4.99 Å². The molecule has 0 amide bonds. The van der Waals surface area contributed by atoms with E-state index in [9.17, 15) is 0 Å². The van der Waals surface area contributed by atoms with E-state index in [1.54, 1.807) is 0 Å². The summed E-state index contributed by atoms with van der Waals surface area (Å²) in [5.74, 6) is 7.09. The van der Waals surface area contributed by atoms with E-state index in [1.807, 2.05) is 42.5 Å². The van der Waals surface area contributed by atoms with Crippen molar-refractivity contribution in [1.82, 2.24) is 0 Å². The zero-order valence-electron chi connectivity index (χ0n) is 19.8. The first-order valence-corrected chi connectivity index (χ1v) is 11.7. The van der Waals surface area contributed by atoms with Crippen LogP contribution in [0.15, 0.2) is 93.9 Å². The van der Waals surface area contributed by atoms with Crippen molar-refractivity contribution in [1.29, 1.82) is 0 Å². The van der Waals surface area contributed by atoms with Gasteiger partial charge >= 0.3 is 0 Å². The molecule has 0 aromatic heterocycles. The average Bonchev–Trinajstić information content (AvgIpc) is 2.88. The molecule has 34 heavy (non-hydrogen) atoms. The minimum atomic E-state index is 0.310. The Morgan fingerprint density at radius 3 is 2.24 bits per heavy atom. The summed E-state index contributed by atoms with van der Waals surface area (Å²) in [5.41, 5.74) is 17.5. The quantitative estimate of drug-likeness (QED) is 0.136. The molecular formula is C28H34N6. The molecule has 3 rings (SSSR count). The molecule has 6 N–H and O–H groups in total. The number of hydrazone groups is 1. The van der Waals surface area contributed by atoms with Gasteiger partial charge in [0.25, 0.3) is 0 Å². The summed E-state index contributed by atoms with van der Waals surface area (Å²) in [4.78, 5) is 9.42. The molecule has 6 nitrogen and oxygen atoms in total. The monoisotopic (exact) mass is 454 g/mol. The van der Waals surface area contributed by atoms with Gasteiger partial charge in [0.1, 0.15) is 11.7 Å². The topological polar surface area (TPSA) is 115 Å². The van der Waals surface area contributed by atoms with E-state index in [-0.39, 0.29) is 0 Å². The number of unbranched alkanes of at least 4 members (excludes halogenated alkanes) is 1. The zero-order chi connectivity index (χ0) is 24.2. The maximum atomic E-state index is 6.27. The Balaban J connectivity index is 1.75. The lowest BCUT2D eigenvalue weighted by Gasteiger charge is -2.10. The number of amidine groups is 3. The Kier molecular flexibility index (Phi) is 9.40. The summed E-state index contributed by atoms with van der Waals surface area (Å²) in [6, 6.07) is 26.5. The summed E-state index contributed by atoms with van der Waals surface area (Å²) in [7, 11) is 0. The van der Waals surface area contributed by atoms with Gasteiger partial charge in [-0.3, -0.25) is 4.99 Å². The summed E-state index contributed by atoms with van der Waals surface area (Å²) < 4.78 is 0. The fourth-order valence-corrected chi connectivity index (χ4v) is 3.65. The molecule has 0 saturated heterocycles. The number of benzene rings is 3. The first-order chi connectivity index (χ1) is 16.6. The summed E-state index contributed by atoms with van der Waals surface area (Å²) in [6.45, 7) is 2.91. The number of rotatable bonds is 10. The standard InChI is InChI=1S/C28H34N6/c1-2-3-19-32-27(33-26(29)18-15-21-9-5-4-6-10-21)20-22-13-16-23(17-14-22)24-11-7-8-12-25(24)28(30)34-31/h4-14,16-17H,2-3,15,18-20,31H2,1H3,(H2,30,34)(H2,29,32,33). The maximum absolute atomic E-state index is 6.27. The third-order valence-electron chi connectivity index (χ3n) is 5.56. The van der Waals surface area contributed by atoms with Crippen molar-refractivity contribution in [3.8, 4) is 11.1 Å². The SMILES string of the molecule is CCCCN=C(Cc1ccc(-c2ccccc2/C(N)=N/N)cc1)N=C(N)CCc1ccccc1. The van der Waals surface area contributed by atoms with Crippen LogP contribution in [0.2, 0.25) is 0 Å². The molecule has 0 spiro atoms. The summed E-state index contributed by atoms with van der Waals surface area (Å²) in [5, 5.41) is 3.65. The number of nitrogens with two attached hydrogens (primary N) is 3. The fourth-order valence-electron chi connectivity index (χ4n) is 3.65. The number of nitrogens with zero attached hydrogens (tertiary/aromatic N) is 3. The molecule has 0 aliphatic heterocycles. The Morgan fingerprint density at radius 1 is 0.824 bits per heavy atom. The average molecular weight is 455 g/mol. The molecular weight excluding hydrogens is 420 g/mol. The molecule has 0 heterocycles. The lowest BCUT2D eigenvalue weighted by molar-refractivity contribution is 0.805. The van der Waals surface area contributed by atoms with Crippen LogP contribution in [0.25, 0.3) is 11.1 Å². The minimum Gasteiger partial charge on any atom is -0.387 e. The van der Waals surface area contributed by atoms with Crippen LogP contribution in [0, 0.1) is 0 Å². The summed E-state index contributed by atoms with van der Waals surface area (Å²) in [6.07, 6.45) is 4.32. The van der Waals surface area contributed by atoms with Crippen molar-refractivity contribution in [2.75, 3.05) is 6.54 Å². The van der Waals surface area contributed by atoms with Gasteiger partial charge in [0.2, 0.25) is 0 Å². The van der Waals surface area contributed by atoms with E-state index in [1.165, 1.54) is 5.56 Å². The van der Waals surface area contributed by atoms with Crippen molar-refractivity contribution < 1.29 is 0 Å². The zero-order valence-corrected chi connectivity index (χ0v) is 19.8. The van der Waals surface area contributed by atoms with Crippen LogP contribution >= 0.6 is 0 Å². The van der Waals surface area contributed by atoms with Crippen LogP contribution in [0.4, 0.5) is 0 Å². The Hall–Kier alpha value is -3.93. The van der Waals surface area contributed by atoms with Crippen molar-refractivity contribution in [3.63, 3.8) is 0 Å². The second-order valence-electron chi connectivity index (χ2n) is 8.17. The molecule has 0 fully saturated rings. The van der Waals surface area contributed by atoms with Crippen LogP contribution in [-0.4, -0.2) is 24.1 Å². The van der Waals surface area contributed by atoms with Crippen LogP contribution in [0.5, 0.6) is 0 Å². The van der Waals surface area contributed by atoms with Gasteiger partial charge < -0.3 is 17.3 Å². The maximum Gasteiger partial charge on any atom is 0.150 e. The highest BCUT2D eigenvalue weighted by atomic mass is 15.2. The lowest BCUT2D eigenvalue weighted by atomic mass is 9.97. The van der Waals surface area contributed by atoms with E-state index in [0.29, 0.717) is 24.5 Å². The molecule has 3 aromatic rings. The molecule has 0 atom stereocenters.